The summed E-state index contributed by atoms with van der Waals surface area (Å²) in [5.41, 5.74) is 3.83. The van der Waals surface area contributed by atoms with Crippen LogP contribution in [-0.2, 0) is 21.4 Å². The molecule has 0 radical (unpaired) electrons. The van der Waals surface area contributed by atoms with Gasteiger partial charge in [0.15, 0.2) is 0 Å². The highest BCUT2D eigenvalue weighted by Crippen LogP contribution is 2.30. The third kappa shape index (κ3) is 6.65. The summed E-state index contributed by atoms with van der Waals surface area (Å²) >= 11 is 0. The molecule has 0 unspecified atom stereocenters. The third-order valence-electron chi connectivity index (χ3n) is 7.50. The van der Waals surface area contributed by atoms with Gasteiger partial charge in [0.1, 0.15) is 18.2 Å². The summed E-state index contributed by atoms with van der Waals surface area (Å²) in [5.74, 6) is -0.246. The Morgan fingerprint density at radius 3 is 2.38 bits per heavy atom. The standard InChI is InChI=1S/C34H31FN4O5S/c1-24-7-12-28(21-32(24)45(41,42)38-17-19-43-20-18-38)37-34(40)31-22-36-39(33(31)26-8-10-27(35)11-9-26)29-13-15-30(16-14-29)44-23-25-5-3-2-4-6-25/h2-16,21-22H,17-20,23H2,1H3,(H,37,40). The zero-order chi connectivity index (χ0) is 31.4. The van der Waals surface area contributed by atoms with E-state index >= 15 is 0 Å². The summed E-state index contributed by atoms with van der Waals surface area (Å²) in [5, 5.41) is 7.34. The largest absolute Gasteiger partial charge is 0.489 e. The molecule has 11 heteroatoms. The Morgan fingerprint density at radius 2 is 1.67 bits per heavy atom. The molecule has 0 aliphatic carbocycles. The second-order valence-corrected chi connectivity index (χ2v) is 12.5. The number of ether oxygens (including phenoxy) is 2. The zero-order valence-electron chi connectivity index (χ0n) is 24.5. The van der Waals surface area contributed by atoms with Gasteiger partial charge >= 0.3 is 0 Å². The second kappa shape index (κ2) is 13.0. The molecular formula is C34H31FN4O5S. The van der Waals surface area contributed by atoms with Crippen molar-refractivity contribution in [1.29, 1.82) is 0 Å². The number of rotatable bonds is 9. The van der Waals surface area contributed by atoms with E-state index in [-0.39, 0.29) is 23.5 Å². The molecule has 0 saturated carbocycles. The molecule has 1 N–H and O–H groups in total. The summed E-state index contributed by atoms with van der Waals surface area (Å²) in [4.78, 5) is 13.8. The van der Waals surface area contributed by atoms with Crippen molar-refractivity contribution in [3.05, 3.63) is 126 Å². The van der Waals surface area contributed by atoms with Gasteiger partial charge in [-0.15, -0.1) is 0 Å². The van der Waals surface area contributed by atoms with Crippen LogP contribution in [0.25, 0.3) is 16.9 Å². The summed E-state index contributed by atoms with van der Waals surface area (Å²) in [6.07, 6.45) is 1.44. The number of nitrogens with one attached hydrogen (secondary N) is 1. The number of carbonyl (C=O) groups is 1. The van der Waals surface area contributed by atoms with Crippen LogP contribution in [0, 0.1) is 12.7 Å². The predicted molar refractivity (Wildman–Crippen MR) is 168 cm³/mol. The summed E-state index contributed by atoms with van der Waals surface area (Å²) in [7, 11) is -3.79. The number of benzene rings is 4. The van der Waals surface area contributed by atoms with E-state index in [4.69, 9.17) is 9.47 Å². The molecule has 1 saturated heterocycles. The van der Waals surface area contributed by atoms with Crippen LogP contribution in [-0.4, -0.2) is 54.7 Å². The number of aryl methyl sites for hydroxylation is 1. The van der Waals surface area contributed by atoms with E-state index in [2.05, 4.69) is 10.4 Å². The number of hydrogen-bond donors (Lipinski definition) is 1. The Morgan fingerprint density at radius 1 is 0.956 bits per heavy atom. The lowest BCUT2D eigenvalue weighted by Crippen LogP contribution is -2.40. The van der Waals surface area contributed by atoms with E-state index in [1.54, 1.807) is 35.9 Å². The minimum atomic E-state index is -3.79. The van der Waals surface area contributed by atoms with Gasteiger partial charge < -0.3 is 14.8 Å². The lowest BCUT2D eigenvalue weighted by atomic mass is 10.1. The molecule has 1 fully saturated rings. The van der Waals surface area contributed by atoms with Crippen LogP contribution in [0.4, 0.5) is 10.1 Å². The van der Waals surface area contributed by atoms with Crippen molar-refractivity contribution in [1.82, 2.24) is 14.1 Å². The maximum Gasteiger partial charge on any atom is 0.259 e. The summed E-state index contributed by atoms with van der Waals surface area (Å²) < 4.78 is 54.8. The van der Waals surface area contributed by atoms with Gasteiger partial charge in [-0.3, -0.25) is 4.79 Å². The Kier molecular flexibility index (Phi) is 8.74. The number of nitrogens with zero attached hydrogens (tertiary/aromatic N) is 3. The van der Waals surface area contributed by atoms with Crippen LogP contribution >= 0.6 is 0 Å². The van der Waals surface area contributed by atoms with Gasteiger partial charge in [-0.1, -0.05) is 36.4 Å². The first-order valence-corrected chi connectivity index (χ1v) is 15.8. The first-order valence-electron chi connectivity index (χ1n) is 14.4. The number of amides is 1. The summed E-state index contributed by atoms with van der Waals surface area (Å²) in [6, 6.07) is 27.7. The normalized spacial score (nSPS) is 13.8. The number of morpholine rings is 1. The van der Waals surface area contributed by atoms with Gasteiger partial charge in [0, 0.05) is 24.3 Å². The molecule has 1 aliphatic heterocycles. The van der Waals surface area contributed by atoms with E-state index in [0.717, 1.165) is 5.56 Å². The Hall–Kier alpha value is -4.84. The molecule has 0 bridgehead atoms. The SMILES string of the molecule is Cc1ccc(NC(=O)c2cnn(-c3ccc(OCc4ccccc4)cc3)c2-c2ccc(F)cc2)cc1S(=O)(=O)N1CCOCC1. The van der Waals surface area contributed by atoms with Gasteiger partial charge in [-0.05, 0) is 78.7 Å². The van der Waals surface area contributed by atoms with E-state index in [9.17, 15) is 17.6 Å². The zero-order valence-corrected chi connectivity index (χ0v) is 25.3. The number of halogens is 1. The smallest absolute Gasteiger partial charge is 0.259 e. The number of anilines is 1. The highest BCUT2D eigenvalue weighted by Gasteiger charge is 2.28. The molecule has 5 aromatic rings. The molecule has 1 aromatic heterocycles. The fourth-order valence-electron chi connectivity index (χ4n) is 5.10. The molecule has 1 aliphatic rings. The van der Waals surface area contributed by atoms with E-state index in [1.807, 2.05) is 54.6 Å². The van der Waals surface area contributed by atoms with Crippen LogP contribution in [0.3, 0.4) is 0 Å². The highest BCUT2D eigenvalue weighted by molar-refractivity contribution is 7.89. The van der Waals surface area contributed by atoms with Gasteiger partial charge in [0.25, 0.3) is 5.91 Å². The van der Waals surface area contributed by atoms with Crippen molar-refractivity contribution in [3.8, 4) is 22.7 Å². The van der Waals surface area contributed by atoms with Crippen LogP contribution in [0.15, 0.2) is 108 Å². The average molecular weight is 627 g/mol. The molecule has 1 amide bonds. The topological polar surface area (TPSA) is 103 Å². The Balaban J connectivity index is 1.29. The van der Waals surface area contributed by atoms with Crippen molar-refractivity contribution < 1.29 is 27.1 Å². The van der Waals surface area contributed by atoms with Crippen molar-refractivity contribution in [3.63, 3.8) is 0 Å². The molecule has 4 aromatic carbocycles. The van der Waals surface area contributed by atoms with Crippen molar-refractivity contribution in [2.75, 3.05) is 31.6 Å². The molecule has 6 rings (SSSR count). The second-order valence-electron chi connectivity index (χ2n) is 10.5. The average Bonchev–Trinajstić information content (AvgIpc) is 3.51. The third-order valence-corrected chi connectivity index (χ3v) is 9.54. The maximum absolute atomic E-state index is 13.9. The van der Waals surface area contributed by atoms with Crippen molar-refractivity contribution in [2.45, 2.75) is 18.4 Å². The van der Waals surface area contributed by atoms with Crippen LogP contribution < -0.4 is 10.1 Å². The first-order chi connectivity index (χ1) is 21.8. The summed E-state index contributed by atoms with van der Waals surface area (Å²) in [6.45, 7) is 3.31. The van der Waals surface area contributed by atoms with Crippen LogP contribution in [0.1, 0.15) is 21.5 Å². The highest BCUT2D eigenvalue weighted by atomic mass is 32.2. The Labute approximate surface area is 260 Å². The number of aromatic nitrogens is 2. The number of carbonyl (C=O) groups excluding carboxylic acids is 1. The molecule has 2 heterocycles. The quantitative estimate of drug-likeness (QED) is 0.221. The monoisotopic (exact) mass is 626 g/mol. The van der Waals surface area contributed by atoms with E-state index < -0.39 is 21.7 Å². The fraction of sp³-hybridized carbons (Fsp3) is 0.176. The van der Waals surface area contributed by atoms with Crippen LogP contribution in [0.5, 0.6) is 5.75 Å². The lowest BCUT2D eigenvalue weighted by molar-refractivity contribution is 0.0730. The minimum Gasteiger partial charge on any atom is -0.489 e. The fourth-order valence-corrected chi connectivity index (χ4v) is 6.76. The van der Waals surface area contributed by atoms with Gasteiger partial charge in [-0.25, -0.2) is 17.5 Å². The Bertz CT molecular complexity index is 1910. The van der Waals surface area contributed by atoms with Crippen LogP contribution in [0.2, 0.25) is 0 Å². The molecule has 0 spiro atoms. The molecule has 0 atom stereocenters. The lowest BCUT2D eigenvalue weighted by Gasteiger charge is -2.26. The molecule has 45 heavy (non-hydrogen) atoms. The van der Waals surface area contributed by atoms with Gasteiger partial charge in [0.05, 0.1) is 41.3 Å². The first kappa shape index (κ1) is 30.2. The molecule has 230 valence electrons. The van der Waals surface area contributed by atoms with E-state index in [0.29, 0.717) is 53.8 Å². The van der Waals surface area contributed by atoms with Gasteiger partial charge in [-0.2, -0.15) is 9.40 Å². The minimum absolute atomic E-state index is 0.117. The molecular weight excluding hydrogens is 595 g/mol. The number of sulfonamides is 1. The number of hydrogen-bond acceptors (Lipinski definition) is 6. The van der Waals surface area contributed by atoms with Gasteiger partial charge in [0.2, 0.25) is 10.0 Å². The predicted octanol–water partition coefficient (Wildman–Crippen LogP) is 5.84. The van der Waals surface area contributed by atoms with E-state index in [1.165, 1.54) is 28.7 Å². The molecule has 9 nitrogen and oxygen atoms in total. The van der Waals surface area contributed by atoms with Crippen molar-refractivity contribution >= 4 is 21.6 Å². The van der Waals surface area contributed by atoms with Crippen molar-refractivity contribution in [2.24, 2.45) is 0 Å². The maximum atomic E-state index is 13.9.